The van der Waals surface area contributed by atoms with Crippen LogP contribution < -0.4 is 0 Å². The Kier molecular flexibility index (Phi) is 3.11. The molecule has 4 bridgehead atoms. The van der Waals surface area contributed by atoms with Crippen molar-refractivity contribution in [1.29, 1.82) is 0 Å². The summed E-state index contributed by atoms with van der Waals surface area (Å²) in [6.07, 6.45) is 9.19. The molecule has 4 saturated carbocycles. The van der Waals surface area contributed by atoms with Gasteiger partial charge in [0, 0.05) is 19.5 Å². The molecular formula is C18H27NO3. The monoisotopic (exact) mass is 305 g/mol. The van der Waals surface area contributed by atoms with E-state index >= 15 is 0 Å². The first-order valence-corrected chi connectivity index (χ1v) is 8.89. The van der Waals surface area contributed by atoms with Gasteiger partial charge in [-0.1, -0.05) is 0 Å². The van der Waals surface area contributed by atoms with Gasteiger partial charge in [0.1, 0.15) is 0 Å². The number of likely N-dealkylation sites (tertiary alicyclic amines) is 1. The van der Waals surface area contributed by atoms with Crippen LogP contribution in [0, 0.1) is 28.6 Å². The van der Waals surface area contributed by atoms with Crippen molar-refractivity contribution in [1.82, 2.24) is 4.90 Å². The van der Waals surface area contributed by atoms with Crippen LogP contribution in [0.5, 0.6) is 0 Å². The van der Waals surface area contributed by atoms with E-state index in [1.54, 1.807) is 6.92 Å². The largest absolute Gasteiger partial charge is 0.481 e. The average molecular weight is 305 g/mol. The standard InChI is InChI=1S/C18H27NO3/c1-17(16(21)22)2-3-19(11-17)15(20)10-18-7-12-4-13(8-18)6-14(5-12)9-18/h12-14H,2-11H2,1H3,(H,21,22). The molecule has 5 fully saturated rings. The van der Waals surface area contributed by atoms with Crippen LogP contribution in [-0.4, -0.2) is 35.0 Å². The van der Waals surface area contributed by atoms with E-state index in [0.717, 1.165) is 17.8 Å². The van der Waals surface area contributed by atoms with Gasteiger partial charge < -0.3 is 10.0 Å². The van der Waals surface area contributed by atoms with Crippen LogP contribution in [-0.2, 0) is 9.59 Å². The lowest BCUT2D eigenvalue weighted by molar-refractivity contribution is -0.147. The SMILES string of the molecule is CC1(C(=O)O)CCN(C(=O)CC23CC4CC(CC(C4)C2)C3)C1. The Morgan fingerprint density at radius 3 is 2.09 bits per heavy atom. The van der Waals surface area contributed by atoms with Crippen LogP contribution in [0.2, 0.25) is 0 Å². The number of carboxylic acid groups (broad SMARTS) is 1. The fourth-order valence-corrected chi connectivity index (χ4v) is 6.29. The highest BCUT2D eigenvalue weighted by Crippen LogP contribution is 2.61. The fraction of sp³-hybridized carbons (Fsp3) is 0.889. The Hall–Kier alpha value is -1.06. The van der Waals surface area contributed by atoms with Gasteiger partial charge in [-0.2, -0.15) is 0 Å². The number of hydrogen-bond acceptors (Lipinski definition) is 2. The summed E-state index contributed by atoms with van der Waals surface area (Å²) in [4.78, 5) is 26.0. The molecular weight excluding hydrogens is 278 g/mol. The Labute approximate surface area is 132 Å². The summed E-state index contributed by atoms with van der Waals surface area (Å²) in [6.45, 7) is 2.79. The normalized spacial score (nSPS) is 46.2. The summed E-state index contributed by atoms with van der Waals surface area (Å²) >= 11 is 0. The highest BCUT2D eigenvalue weighted by Gasteiger charge is 2.52. The fourth-order valence-electron chi connectivity index (χ4n) is 6.29. The molecule has 0 aromatic rings. The van der Waals surface area contributed by atoms with Gasteiger partial charge in [-0.25, -0.2) is 0 Å². The second-order valence-corrected chi connectivity index (χ2v) is 9.03. The highest BCUT2D eigenvalue weighted by molar-refractivity contribution is 5.81. The van der Waals surface area contributed by atoms with Crippen LogP contribution in [0.15, 0.2) is 0 Å². The van der Waals surface area contributed by atoms with Gasteiger partial charge in [0.25, 0.3) is 0 Å². The Balaban J connectivity index is 1.44. The lowest BCUT2D eigenvalue weighted by Gasteiger charge is -2.56. The minimum absolute atomic E-state index is 0.215. The molecule has 4 nitrogen and oxygen atoms in total. The van der Waals surface area contributed by atoms with Gasteiger partial charge in [0.2, 0.25) is 5.91 Å². The van der Waals surface area contributed by atoms with E-state index in [2.05, 4.69) is 0 Å². The van der Waals surface area contributed by atoms with Crippen molar-refractivity contribution in [3.8, 4) is 0 Å². The summed E-state index contributed by atoms with van der Waals surface area (Å²) in [5.74, 6) is 2.04. The van der Waals surface area contributed by atoms with Gasteiger partial charge >= 0.3 is 5.97 Å². The van der Waals surface area contributed by atoms with E-state index in [-0.39, 0.29) is 11.3 Å². The maximum atomic E-state index is 12.8. The number of nitrogens with zero attached hydrogens (tertiary/aromatic N) is 1. The number of carbonyl (C=O) groups excluding carboxylic acids is 1. The Morgan fingerprint density at radius 2 is 1.64 bits per heavy atom. The minimum Gasteiger partial charge on any atom is -0.481 e. The molecule has 1 heterocycles. The Bertz CT molecular complexity index is 479. The summed E-state index contributed by atoms with van der Waals surface area (Å²) in [5, 5.41) is 9.34. The molecule has 4 heteroatoms. The molecule has 0 spiro atoms. The molecule has 5 rings (SSSR count). The minimum atomic E-state index is -0.766. The van der Waals surface area contributed by atoms with Crippen LogP contribution in [0.4, 0.5) is 0 Å². The number of aliphatic carboxylic acids is 1. The molecule has 0 radical (unpaired) electrons. The number of amides is 1. The third kappa shape index (κ3) is 2.26. The highest BCUT2D eigenvalue weighted by atomic mass is 16.4. The quantitative estimate of drug-likeness (QED) is 0.872. The van der Waals surface area contributed by atoms with Crippen molar-refractivity contribution in [2.75, 3.05) is 13.1 Å². The van der Waals surface area contributed by atoms with Crippen molar-refractivity contribution in [2.24, 2.45) is 28.6 Å². The van der Waals surface area contributed by atoms with Gasteiger partial charge in [-0.3, -0.25) is 9.59 Å². The molecule has 5 aliphatic rings. The second kappa shape index (κ2) is 4.72. The third-order valence-electron chi connectivity index (χ3n) is 7.03. The maximum Gasteiger partial charge on any atom is 0.311 e. The predicted octanol–water partition coefficient (Wildman–Crippen LogP) is 2.92. The van der Waals surface area contributed by atoms with E-state index in [4.69, 9.17) is 0 Å². The Morgan fingerprint density at radius 1 is 1.09 bits per heavy atom. The van der Waals surface area contributed by atoms with Crippen LogP contribution >= 0.6 is 0 Å². The van der Waals surface area contributed by atoms with E-state index in [1.807, 2.05) is 4.90 Å². The smallest absolute Gasteiger partial charge is 0.311 e. The summed E-state index contributed by atoms with van der Waals surface area (Å²) in [5.41, 5.74) is -0.481. The van der Waals surface area contributed by atoms with E-state index < -0.39 is 11.4 Å². The van der Waals surface area contributed by atoms with E-state index in [9.17, 15) is 14.7 Å². The molecule has 0 aromatic heterocycles. The first kappa shape index (κ1) is 14.5. The molecule has 1 N–H and O–H groups in total. The maximum absolute atomic E-state index is 12.8. The van der Waals surface area contributed by atoms with Crippen LogP contribution in [0.3, 0.4) is 0 Å². The van der Waals surface area contributed by atoms with Crippen molar-refractivity contribution in [2.45, 2.75) is 58.3 Å². The van der Waals surface area contributed by atoms with Crippen molar-refractivity contribution in [3.05, 3.63) is 0 Å². The van der Waals surface area contributed by atoms with Gasteiger partial charge in [-0.05, 0) is 75.0 Å². The molecule has 4 aliphatic carbocycles. The van der Waals surface area contributed by atoms with Crippen molar-refractivity contribution in [3.63, 3.8) is 0 Å². The molecule has 1 atom stereocenters. The zero-order valence-electron chi connectivity index (χ0n) is 13.5. The van der Waals surface area contributed by atoms with Gasteiger partial charge in [0.05, 0.1) is 5.41 Å². The molecule has 0 aromatic carbocycles. The molecule has 1 aliphatic heterocycles. The molecule has 1 unspecified atom stereocenters. The first-order valence-electron chi connectivity index (χ1n) is 8.89. The van der Waals surface area contributed by atoms with Crippen molar-refractivity contribution >= 4 is 11.9 Å². The van der Waals surface area contributed by atoms with Gasteiger partial charge in [0.15, 0.2) is 0 Å². The third-order valence-corrected chi connectivity index (χ3v) is 7.03. The lowest BCUT2D eigenvalue weighted by Crippen LogP contribution is -2.48. The summed E-state index contributed by atoms with van der Waals surface area (Å²) in [7, 11) is 0. The number of carbonyl (C=O) groups is 2. The number of carboxylic acids is 1. The molecule has 1 saturated heterocycles. The molecule has 22 heavy (non-hydrogen) atoms. The van der Waals surface area contributed by atoms with E-state index in [0.29, 0.717) is 25.9 Å². The zero-order chi connectivity index (χ0) is 15.5. The van der Waals surface area contributed by atoms with E-state index in [1.165, 1.54) is 38.5 Å². The van der Waals surface area contributed by atoms with Crippen LogP contribution in [0.25, 0.3) is 0 Å². The molecule has 122 valence electrons. The number of hydrogen-bond donors (Lipinski definition) is 1. The first-order chi connectivity index (χ1) is 10.4. The number of rotatable bonds is 3. The topological polar surface area (TPSA) is 57.6 Å². The average Bonchev–Trinajstić information content (AvgIpc) is 2.81. The summed E-state index contributed by atoms with van der Waals surface area (Å²) < 4.78 is 0. The molecule has 1 amide bonds. The summed E-state index contributed by atoms with van der Waals surface area (Å²) in [6, 6.07) is 0. The predicted molar refractivity (Wildman–Crippen MR) is 82.2 cm³/mol. The second-order valence-electron chi connectivity index (χ2n) is 9.03. The zero-order valence-corrected chi connectivity index (χ0v) is 13.5. The lowest BCUT2D eigenvalue weighted by atomic mass is 9.49. The van der Waals surface area contributed by atoms with Gasteiger partial charge in [-0.15, -0.1) is 0 Å². The van der Waals surface area contributed by atoms with Crippen molar-refractivity contribution < 1.29 is 14.7 Å². The van der Waals surface area contributed by atoms with Crippen LogP contribution in [0.1, 0.15) is 58.3 Å².